The Kier molecular flexibility index (Phi) is 7.63. The summed E-state index contributed by atoms with van der Waals surface area (Å²) in [6.07, 6.45) is 4.06. The van der Waals surface area contributed by atoms with Crippen molar-refractivity contribution in [2.45, 2.75) is 20.3 Å². The number of carbonyl (C=O) groups excluding carboxylic acids is 1. The lowest BCUT2D eigenvalue weighted by molar-refractivity contribution is 0.104. The zero-order chi connectivity index (χ0) is 20.6. The average molecular weight is 404 g/mol. The minimum absolute atomic E-state index is 0.0117. The Morgan fingerprint density at radius 1 is 1.07 bits per heavy atom. The third-order valence-corrected chi connectivity index (χ3v) is 5.21. The fourth-order valence-electron chi connectivity index (χ4n) is 2.34. The Morgan fingerprint density at radius 3 is 2.39 bits per heavy atom. The Hall–Kier alpha value is -2.80. The van der Waals surface area contributed by atoms with E-state index in [1.165, 1.54) is 6.08 Å². The normalized spacial score (nSPS) is 11.4. The molecule has 2 rings (SSSR count). The van der Waals surface area contributed by atoms with Crippen molar-refractivity contribution < 1.29 is 22.7 Å². The SMILES string of the molecule is CCCOc1ccc(/C=C/C(=O)c2ccc(NS(=O)(=O)CC)cc2)cc1OC. The number of hydrogen-bond donors (Lipinski definition) is 1. The van der Waals surface area contributed by atoms with Gasteiger partial charge in [-0.05, 0) is 61.4 Å². The molecule has 28 heavy (non-hydrogen) atoms. The van der Waals surface area contributed by atoms with Crippen molar-refractivity contribution in [1.29, 1.82) is 0 Å². The molecule has 1 N–H and O–H groups in total. The number of rotatable bonds is 10. The van der Waals surface area contributed by atoms with Gasteiger partial charge in [-0.15, -0.1) is 0 Å². The number of carbonyl (C=O) groups is 1. The number of hydrogen-bond acceptors (Lipinski definition) is 5. The van der Waals surface area contributed by atoms with Gasteiger partial charge in [0.2, 0.25) is 10.0 Å². The second kappa shape index (κ2) is 9.94. The maximum atomic E-state index is 12.4. The fourth-order valence-corrected chi connectivity index (χ4v) is 2.98. The number of ketones is 1. The van der Waals surface area contributed by atoms with E-state index in [4.69, 9.17) is 9.47 Å². The standard InChI is InChI=1S/C21H25NO5S/c1-4-14-27-20-13-7-16(15-21(20)26-3)6-12-19(23)17-8-10-18(11-9-17)22-28(24,25)5-2/h6-13,15,22H,4-5,14H2,1-3H3/b12-6+. The number of anilines is 1. The summed E-state index contributed by atoms with van der Waals surface area (Å²) in [5.41, 5.74) is 1.70. The molecule has 0 unspecified atom stereocenters. The number of methoxy groups -OCH3 is 1. The van der Waals surface area contributed by atoms with Crippen molar-refractivity contribution in [2.75, 3.05) is 24.2 Å². The van der Waals surface area contributed by atoms with Gasteiger partial charge >= 0.3 is 0 Å². The molecule has 2 aromatic carbocycles. The predicted molar refractivity (Wildman–Crippen MR) is 112 cm³/mol. The highest BCUT2D eigenvalue weighted by Gasteiger charge is 2.08. The maximum absolute atomic E-state index is 12.4. The molecular formula is C21H25NO5S. The molecule has 7 heteroatoms. The predicted octanol–water partition coefficient (Wildman–Crippen LogP) is 4.14. The van der Waals surface area contributed by atoms with Gasteiger partial charge in [0.25, 0.3) is 0 Å². The molecule has 0 radical (unpaired) electrons. The molecule has 0 atom stereocenters. The summed E-state index contributed by atoms with van der Waals surface area (Å²) in [4.78, 5) is 12.4. The van der Waals surface area contributed by atoms with Crippen molar-refractivity contribution >= 4 is 27.6 Å². The number of allylic oxidation sites excluding steroid dienone is 1. The van der Waals surface area contributed by atoms with Crippen LogP contribution in [0, 0.1) is 0 Å². The molecule has 0 heterocycles. The molecule has 0 amide bonds. The topological polar surface area (TPSA) is 81.7 Å². The first-order valence-corrected chi connectivity index (χ1v) is 10.7. The first-order valence-electron chi connectivity index (χ1n) is 9.02. The van der Waals surface area contributed by atoms with E-state index in [0.29, 0.717) is 29.4 Å². The van der Waals surface area contributed by atoms with Gasteiger partial charge in [-0.2, -0.15) is 0 Å². The Bertz CT molecular complexity index is 934. The van der Waals surface area contributed by atoms with E-state index in [0.717, 1.165) is 12.0 Å². The summed E-state index contributed by atoms with van der Waals surface area (Å²) in [5, 5.41) is 0. The highest BCUT2D eigenvalue weighted by Crippen LogP contribution is 2.28. The molecule has 0 saturated heterocycles. The van der Waals surface area contributed by atoms with Crippen LogP contribution in [0.1, 0.15) is 36.2 Å². The van der Waals surface area contributed by atoms with Crippen molar-refractivity contribution in [3.8, 4) is 11.5 Å². The molecular weight excluding hydrogens is 378 g/mol. The largest absolute Gasteiger partial charge is 0.493 e. The quantitative estimate of drug-likeness (QED) is 0.476. The van der Waals surface area contributed by atoms with Crippen molar-refractivity contribution in [3.63, 3.8) is 0 Å². The lowest BCUT2D eigenvalue weighted by Gasteiger charge is -2.10. The van der Waals surface area contributed by atoms with Crippen LogP contribution in [0.2, 0.25) is 0 Å². The van der Waals surface area contributed by atoms with Crippen molar-refractivity contribution in [1.82, 2.24) is 0 Å². The zero-order valence-electron chi connectivity index (χ0n) is 16.3. The van der Waals surface area contributed by atoms with Crippen LogP contribution >= 0.6 is 0 Å². The molecule has 0 saturated carbocycles. The van der Waals surface area contributed by atoms with Gasteiger partial charge in [0.1, 0.15) is 0 Å². The smallest absolute Gasteiger partial charge is 0.232 e. The fraction of sp³-hybridized carbons (Fsp3) is 0.286. The van der Waals surface area contributed by atoms with E-state index in [2.05, 4.69) is 4.72 Å². The number of nitrogens with one attached hydrogen (secondary N) is 1. The summed E-state index contributed by atoms with van der Waals surface area (Å²) in [6.45, 7) is 4.19. The number of ether oxygens (including phenoxy) is 2. The van der Waals surface area contributed by atoms with Gasteiger partial charge in [-0.3, -0.25) is 9.52 Å². The molecule has 0 aliphatic rings. The average Bonchev–Trinajstić information content (AvgIpc) is 2.71. The highest BCUT2D eigenvalue weighted by molar-refractivity contribution is 7.92. The second-order valence-electron chi connectivity index (χ2n) is 6.04. The first-order chi connectivity index (χ1) is 13.4. The Morgan fingerprint density at radius 2 is 1.79 bits per heavy atom. The minimum atomic E-state index is -3.34. The van der Waals surface area contributed by atoms with Crippen LogP contribution in [0.25, 0.3) is 6.08 Å². The molecule has 0 bridgehead atoms. The second-order valence-corrected chi connectivity index (χ2v) is 8.05. The molecule has 150 valence electrons. The molecule has 0 aromatic heterocycles. The molecule has 0 spiro atoms. The highest BCUT2D eigenvalue weighted by atomic mass is 32.2. The molecule has 0 aliphatic heterocycles. The van der Waals surface area contributed by atoms with E-state index in [-0.39, 0.29) is 11.5 Å². The van der Waals surface area contributed by atoms with Gasteiger partial charge in [0.15, 0.2) is 17.3 Å². The molecule has 6 nitrogen and oxygen atoms in total. The van der Waals surface area contributed by atoms with Gasteiger partial charge in [-0.1, -0.05) is 19.1 Å². The van der Waals surface area contributed by atoms with Crippen molar-refractivity contribution in [2.24, 2.45) is 0 Å². The summed E-state index contributed by atoms with van der Waals surface area (Å²) < 4.78 is 36.5. The van der Waals surface area contributed by atoms with E-state index >= 15 is 0 Å². The van der Waals surface area contributed by atoms with Crippen LogP contribution in [0.15, 0.2) is 48.5 Å². The van der Waals surface area contributed by atoms with Gasteiger partial charge in [-0.25, -0.2) is 8.42 Å². The molecule has 2 aromatic rings. The third kappa shape index (κ3) is 6.13. The van der Waals surface area contributed by atoms with Gasteiger partial charge in [0.05, 0.1) is 19.5 Å². The van der Waals surface area contributed by atoms with Gasteiger partial charge < -0.3 is 9.47 Å². The summed E-state index contributed by atoms with van der Waals surface area (Å²) >= 11 is 0. The van der Waals surface area contributed by atoms with Crippen LogP contribution in [-0.4, -0.2) is 33.7 Å². The minimum Gasteiger partial charge on any atom is -0.493 e. The zero-order valence-corrected chi connectivity index (χ0v) is 17.1. The summed E-state index contributed by atoms with van der Waals surface area (Å²) in [6, 6.07) is 11.8. The van der Waals surface area contributed by atoms with Crippen LogP contribution in [0.4, 0.5) is 5.69 Å². The van der Waals surface area contributed by atoms with E-state index in [9.17, 15) is 13.2 Å². The summed E-state index contributed by atoms with van der Waals surface area (Å²) in [5.74, 6) is 1.08. The number of sulfonamides is 1. The van der Waals surface area contributed by atoms with E-state index in [1.807, 2.05) is 19.1 Å². The molecule has 0 fully saturated rings. The maximum Gasteiger partial charge on any atom is 0.232 e. The molecule has 0 aliphatic carbocycles. The van der Waals surface area contributed by atoms with Crippen LogP contribution in [0.3, 0.4) is 0 Å². The van der Waals surface area contributed by atoms with E-state index < -0.39 is 10.0 Å². The van der Waals surface area contributed by atoms with Crippen LogP contribution in [0.5, 0.6) is 11.5 Å². The first kappa shape index (κ1) is 21.5. The monoisotopic (exact) mass is 403 g/mol. The lowest BCUT2D eigenvalue weighted by Crippen LogP contribution is -2.14. The van der Waals surface area contributed by atoms with Gasteiger partial charge in [0, 0.05) is 11.3 Å². The van der Waals surface area contributed by atoms with Crippen LogP contribution < -0.4 is 14.2 Å². The lowest BCUT2D eigenvalue weighted by atomic mass is 10.1. The third-order valence-electron chi connectivity index (χ3n) is 3.90. The summed E-state index contributed by atoms with van der Waals surface area (Å²) in [7, 11) is -1.77. The Labute approximate surface area is 166 Å². The van der Waals surface area contributed by atoms with Crippen LogP contribution in [-0.2, 0) is 10.0 Å². The number of benzene rings is 2. The Balaban J connectivity index is 2.08. The van der Waals surface area contributed by atoms with E-state index in [1.54, 1.807) is 50.4 Å². The van der Waals surface area contributed by atoms with Crippen molar-refractivity contribution in [3.05, 3.63) is 59.7 Å².